The summed E-state index contributed by atoms with van der Waals surface area (Å²) in [6.07, 6.45) is 3.10. The van der Waals surface area contributed by atoms with Crippen LogP contribution in [0.4, 0.5) is 5.82 Å². The lowest BCUT2D eigenvalue weighted by atomic mass is 10.3. The maximum Gasteiger partial charge on any atom is 0.263 e. The minimum Gasteiger partial charge on any atom is -0.479 e. The molecule has 0 aromatic carbocycles. The van der Waals surface area contributed by atoms with Crippen LogP contribution < -0.4 is 10.1 Å². The Bertz CT molecular complexity index is 918. The zero-order valence-electron chi connectivity index (χ0n) is 14.6. The second kappa shape index (κ2) is 7.31. The molecule has 1 amide bonds. The van der Waals surface area contributed by atoms with E-state index < -0.39 is 0 Å². The smallest absolute Gasteiger partial charge is 0.263 e. The highest BCUT2D eigenvalue weighted by molar-refractivity contribution is 6.05. The van der Waals surface area contributed by atoms with Crippen LogP contribution in [-0.2, 0) is 7.05 Å². The lowest BCUT2D eigenvalue weighted by molar-refractivity contribution is 0.102. The number of carbonyl (C=O) groups excluding carboxylic acids is 1. The molecule has 0 fully saturated rings. The Hall–Kier alpha value is -3.27. The summed E-state index contributed by atoms with van der Waals surface area (Å²) >= 11 is 0. The Morgan fingerprint density at radius 3 is 2.96 bits per heavy atom. The molecule has 0 aliphatic carbocycles. The van der Waals surface area contributed by atoms with E-state index in [4.69, 9.17) is 4.74 Å². The van der Waals surface area contributed by atoms with Gasteiger partial charge >= 0.3 is 0 Å². The molecule has 10 nitrogen and oxygen atoms in total. The number of aryl methyl sites for hydroxylation is 1. The van der Waals surface area contributed by atoms with E-state index in [-0.39, 0.29) is 24.4 Å². The van der Waals surface area contributed by atoms with Crippen LogP contribution in [0.1, 0.15) is 23.3 Å². The van der Waals surface area contributed by atoms with Gasteiger partial charge in [-0.15, -0.1) is 15.3 Å². The molecule has 3 heterocycles. The van der Waals surface area contributed by atoms with E-state index >= 15 is 0 Å². The summed E-state index contributed by atoms with van der Waals surface area (Å²) in [6.45, 7) is 1.79. The largest absolute Gasteiger partial charge is 0.479 e. The molecule has 3 aromatic rings. The molecule has 2 N–H and O–H groups in total. The first-order chi connectivity index (χ1) is 12.5. The zero-order valence-corrected chi connectivity index (χ0v) is 14.6. The zero-order chi connectivity index (χ0) is 18.7. The van der Waals surface area contributed by atoms with Crippen molar-refractivity contribution >= 4 is 11.7 Å². The standard InChI is InChI=1S/C16H19N7O3/c1-10(8-24)23-9-17-20-14(23)12-5-4-6-13(18-12)19-15(25)11-7-22(2)21-16(11)26-3/h4-7,9-10,24H,8H2,1-3H3,(H,18,19,25)/t10-/m0/s1. The van der Waals surface area contributed by atoms with E-state index in [1.54, 1.807) is 36.0 Å². The summed E-state index contributed by atoms with van der Waals surface area (Å²) in [5, 5.41) is 24.1. The van der Waals surface area contributed by atoms with Gasteiger partial charge in [0.2, 0.25) is 5.88 Å². The van der Waals surface area contributed by atoms with Crippen molar-refractivity contribution in [2.45, 2.75) is 13.0 Å². The van der Waals surface area contributed by atoms with Crippen molar-refractivity contribution in [2.75, 3.05) is 19.0 Å². The highest BCUT2D eigenvalue weighted by Crippen LogP contribution is 2.21. The molecule has 26 heavy (non-hydrogen) atoms. The average Bonchev–Trinajstić information content (AvgIpc) is 3.27. The molecule has 0 saturated carbocycles. The minimum atomic E-state index is -0.384. The second-order valence-electron chi connectivity index (χ2n) is 5.68. The predicted octanol–water partition coefficient (Wildman–Crippen LogP) is 0.888. The van der Waals surface area contributed by atoms with Crippen molar-refractivity contribution in [3.05, 3.63) is 36.3 Å². The van der Waals surface area contributed by atoms with E-state index in [0.717, 1.165) is 0 Å². The third-order valence-electron chi connectivity index (χ3n) is 3.76. The quantitative estimate of drug-likeness (QED) is 0.672. The van der Waals surface area contributed by atoms with Gasteiger partial charge < -0.3 is 19.7 Å². The average molecular weight is 357 g/mol. The summed E-state index contributed by atoms with van der Waals surface area (Å²) in [5.74, 6) is 0.702. The molecule has 136 valence electrons. The molecular weight excluding hydrogens is 338 g/mol. The van der Waals surface area contributed by atoms with Gasteiger partial charge in [-0.2, -0.15) is 0 Å². The van der Waals surface area contributed by atoms with Crippen LogP contribution in [0.15, 0.2) is 30.7 Å². The maximum atomic E-state index is 12.5. The summed E-state index contributed by atoms with van der Waals surface area (Å²) in [5.41, 5.74) is 0.832. The summed E-state index contributed by atoms with van der Waals surface area (Å²) in [6, 6.07) is 4.98. The number of methoxy groups -OCH3 is 1. The van der Waals surface area contributed by atoms with E-state index in [9.17, 15) is 9.90 Å². The van der Waals surface area contributed by atoms with Crippen molar-refractivity contribution in [3.63, 3.8) is 0 Å². The minimum absolute atomic E-state index is 0.0533. The van der Waals surface area contributed by atoms with Gasteiger partial charge in [-0.3, -0.25) is 9.48 Å². The van der Waals surface area contributed by atoms with Crippen molar-refractivity contribution in [1.82, 2.24) is 29.5 Å². The fourth-order valence-corrected chi connectivity index (χ4v) is 2.42. The number of aliphatic hydroxyl groups excluding tert-OH is 1. The Kier molecular flexibility index (Phi) is 4.94. The fraction of sp³-hybridized carbons (Fsp3) is 0.312. The number of hydrogen-bond acceptors (Lipinski definition) is 7. The molecule has 0 radical (unpaired) electrons. The number of carbonyl (C=O) groups is 1. The highest BCUT2D eigenvalue weighted by Gasteiger charge is 2.18. The van der Waals surface area contributed by atoms with E-state index in [1.807, 2.05) is 6.92 Å². The highest BCUT2D eigenvalue weighted by atomic mass is 16.5. The Morgan fingerprint density at radius 1 is 1.42 bits per heavy atom. The van der Waals surface area contributed by atoms with Gasteiger partial charge in [0.15, 0.2) is 5.82 Å². The molecule has 3 aromatic heterocycles. The van der Waals surface area contributed by atoms with Crippen LogP contribution >= 0.6 is 0 Å². The fourth-order valence-electron chi connectivity index (χ4n) is 2.42. The molecule has 0 aliphatic rings. The first-order valence-corrected chi connectivity index (χ1v) is 7.90. The maximum absolute atomic E-state index is 12.5. The topological polar surface area (TPSA) is 120 Å². The number of hydrogen-bond donors (Lipinski definition) is 2. The van der Waals surface area contributed by atoms with Crippen LogP contribution in [0, 0.1) is 0 Å². The number of pyridine rings is 1. The number of anilines is 1. The van der Waals surface area contributed by atoms with Gasteiger partial charge in [0, 0.05) is 13.2 Å². The summed E-state index contributed by atoms with van der Waals surface area (Å²) in [7, 11) is 3.15. The third kappa shape index (κ3) is 3.40. The third-order valence-corrected chi connectivity index (χ3v) is 3.76. The van der Waals surface area contributed by atoms with Crippen molar-refractivity contribution < 1.29 is 14.6 Å². The van der Waals surface area contributed by atoms with Crippen molar-refractivity contribution in [3.8, 4) is 17.4 Å². The van der Waals surface area contributed by atoms with Crippen LogP contribution in [0.25, 0.3) is 11.5 Å². The first-order valence-electron chi connectivity index (χ1n) is 7.90. The van der Waals surface area contributed by atoms with Gasteiger partial charge in [-0.25, -0.2) is 4.98 Å². The molecule has 3 rings (SSSR count). The van der Waals surface area contributed by atoms with E-state index in [2.05, 4.69) is 25.6 Å². The number of nitrogens with one attached hydrogen (secondary N) is 1. The Morgan fingerprint density at radius 2 is 2.23 bits per heavy atom. The van der Waals surface area contributed by atoms with E-state index in [0.29, 0.717) is 22.9 Å². The molecule has 0 aliphatic heterocycles. The molecular formula is C16H19N7O3. The van der Waals surface area contributed by atoms with Gasteiger partial charge in [-0.05, 0) is 19.1 Å². The number of amides is 1. The van der Waals surface area contributed by atoms with Crippen molar-refractivity contribution in [2.24, 2.45) is 7.05 Å². The first kappa shape index (κ1) is 17.5. The molecule has 0 saturated heterocycles. The lowest BCUT2D eigenvalue weighted by Crippen LogP contribution is -2.14. The van der Waals surface area contributed by atoms with Crippen LogP contribution in [0.5, 0.6) is 5.88 Å². The normalized spacial score (nSPS) is 12.0. The van der Waals surface area contributed by atoms with Gasteiger partial charge in [0.25, 0.3) is 5.91 Å². The number of ether oxygens (including phenoxy) is 1. The molecule has 0 bridgehead atoms. The van der Waals surface area contributed by atoms with Crippen LogP contribution in [0.2, 0.25) is 0 Å². The van der Waals surface area contributed by atoms with Gasteiger partial charge in [0.1, 0.15) is 23.4 Å². The predicted molar refractivity (Wildman–Crippen MR) is 92.8 cm³/mol. The van der Waals surface area contributed by atoms with E-state index in [1.165, 1.54) is 18.1 Å². The molecule has 0 spiro atoms. The SMILES string of the molecule is COc1nn(C)cc1C(=O)Nc1cccc(-c2nncn2[C@@H](C)CO)n1. The van der Waals surface area contributed by atoms with Gasteiger partial charge in [0.05, 0.1) is 19.8 Å². The second-order valence-corrected chi connectivity index (χ2v) is 5.68. The molecule has 10 heteroatoms. The van der Waals surface area contributed by atoms with Crippen LogP contribution in [0.3, 0.4) is 0 Å². The van der Waals surface area contributed by atoms with Crippen molar-refractivity contribution in [1.29, 1.82) is 0 Å². The monoisotopic (exact) mass is 357 g/mol. The van der Waals surface area contributed by atoms with Crippen LogP contribution in [-0.4, -0.2) is 54.3 Å². The molecule has 1 atom stereocenters. The summed E-state index contributed by atoms with van der Waals surface area (Å²) < 4.78 is 8.32. The number of aliphatic hydroxyl groups is 1. The Labute approximate surface area is 149 Å². The molecule has 0 unspecified atom stereocenters. The lowest BCUT2D eigenvalue weighted by Gasteiger charge is -2.12. The number of nitrogens with zero attached hydrogens (tertiary/aromatic N) is 6. The number of aromatic nitrogens is 6. The van der Waals surface area contributed by atoms with Gasteiger partial charge in [-0.1, -0.05) is 6.07 Å². The number of rotatable bonds is 6. The Balaban J connectivity index is 1.86. The summed E-state index contributed by atoms with van der Waals surface area (Å²) in [4.78, 5) is 16.9.